The van der Waals surface area contributed by atoms with Gasteiger partial charge in [-0.1, -0.05) is 46.7 Å². The number of halogens is 1. The van der Waals surface area contributed by atoms with Crippen LogP contribution in [0.4, 0.5) is 0 Å². The summed E-state index contributed by atoms with van der Waals surface area (Å²) in [4.78, 5) is 0. The SMILES string of the molecule is Cc1cc(C)c2c(c1)C1CCCC(C)(I)C1O2. The molecule has 17 heavy (non-hydrogen) atoms. The summed E-state index contributed by atoms with van der Waals surface area (Å²) in [6, 6.07) is 4.58. The highest BCUT2D eigenvalue weighted by Crippen LogP contribution is 2.53. The highest BCUT2D eigenvalue weighted by Gasteiger charge is 2.47. The molecule has 3 atom stereocenters. The Morgan fingerprint density at radius 2 is 2.12 bits per heavy atom. The van der Waals surface area contributed by atoms with Crippen LogP contribution in [0.1, 0.15) is 48.8 Å². The maximum atomic E-state index is 6.30. The van der Waals surface area contributed by atoms with Gasteiger partial charge in [-0.15, -0.1) is 0 Å². The van der Waals surface area contributed by atoms with E-state index in [-0.39, 0.29) is 0 Å². The van der Waals surface area contributed by atoms with Gasteiger partial charge >= 0.3 is 0 Å². The van der Waals surface area contributed by atoms with Crippen LogP contribution in [0.2, 0.25) is 0 Å². The Labute approximate surface area is 117 Å². The minimum Gasteiger partial charge on any atom is -0.488 e. The Bertz CT molecular complexity index is 464. The van der Waals surface area contributed by atoms with Crippen molar-refractivity contribution < 1.29 is 4.74 Å². The van der Waals surface area contributed by atoms with E-state index in [1.807, 2.05) is 0 Å². The van der Waals surface area contributed by atoms with Crippen LogP contribution in [-0.4, -0.2) is 9.53 Å². The first-order valence-electron chi connectivity index (χ1n) is 6.46. The molecule has 0 amide bonds. The minimum absolute atomic E-state index is 0.292. The van der Waals surface area contributed by atoms with Crippen LogP contribution in [0.3, 0.4) is 0 Å². The van der Waals surface area contributed by atoms with Crippen molar-refractivity contribution in [1.82, 2.24) is 0 Å². The van der Waals surface area contributed by atoms with Crippen molar-refractivity contribution in [2.45, 2.75) is 55.5 Å². The van der Waals surface area contributed by atoms with Crippen molar-refractivity contribution in [1.29, 1.82) is 0 Å². The van der Waals surface area contributed by atoms with Gasteiger partial charge in [-0.2, -0.15) is 0 Å². The number of hydrogen-bond acceptors (Lipinski definition) is 1. The zero-order valence-corrected chi connectivity index (χ0v) is 12.9. The molecule has 3 rings (SSSR count). The second-order valence-electron chi connectivity index (χ2n) is 5.82. The normalized spacial score (nSPS) is 35.1. The zero-order valence-electron chi connectivity index (χ0n) is 10.7. The summed E-state index contributed by atoms with van der Waals surface area (Å²) in [6.45, 7) is 6.71. The van der Waals surface area contributed by atoms with E-state index in [1.165, 1.54) is 41.7 Å². The third-order valence-electron chi connectivity index (χ3n) is 4.23. The van der Waals surface area contributed by atoms with Gasteiger partial charge in [0.2, 0.25) is 0 Å². The second-order valence-corrected chi connectivity index (χ2v) is 8.28. The first-order valence-corrected chi connectivity index (χ1v) is 7.53. The molecule has 92 valence electrons. The summed E-state index contributed by atoms with van der Waals surface area (Å²) < 4.78 is 6.60. The zero-order chi connectivity index (χ0) is 12.2. The number of alkyl halides is 1. The van der Waals surface area contributed by atoms with E-state index >= 15 is 0 Å². The third-order valence-corrected chi connectivity index (χ3v) is 5.38. The van der Waals surface area contributed by atoms with Crippen LogP contribution in [-0.2, 0) is 0 Å². The number of ether oxygens (including phenoxy) is 1. The van der Waals surface area contributed by atoms with Gasteiger partial charge in [-0.25, -0.2) is 0 Å². The highest BCUT2D eigenvalue weighted by atomic mass is 127. The van der Waals surface area contributed by atoms with Crippen molar-refractivity contribution >= 4 is 22.6 Å². The molecule has 1 aromatic rings. The summed E-state index contributed by atoms with van der Waals surface area (Å²) in [5, 5.41) is 0. The van der Waals surface area contributed by atoms with E-state index in [9.17, 15) is 0 Å². The molecule has 1 aromatic carbocycles. The summed E-state index contributed by atoms with van der Waals surface area (Å²) in [6.07, 6.45) is 4.28. The molecule has 0 aromatic heterocycles. The number of rotatable bonds is 0. The molecule has 0 spiro atoms. The van der Waals surface area contributed by atoms with E-state index in [1.54, 1.807) is 0 Å². The molecular formula is C15H19IO. The van der Waals surface area contributed by atoms with Gasteiger partial charge in [0, 0.05) is 11.5 Å². The molecule has 0 N–H and O–H groups in total. The predicted octanol–water partition coefficient (Wildman–Crippen LogP) is 4.53. The van der Waals surface area contributed by atoms with E-state index in [0.717, 1.165) is 0 Å². The van der Waals surface area contributed by atoms with Crippen molar-refractivity contribution in [3.63, 3.8) is 0 Å². The smallest absolute Gasteiger partial charge is 0.126 e. The van der Waals surface area contributed by atoms with Crippen molar-refractivity contribution in [3.8, 4) is 5.75 Å². The Morgan fingerprint density at radius 1 is 1.35 bits per heavy atom. The first kappa shape index (κ1) is 11.8. The van der Waals surface area contributed by atoms with Crippen LogP contribution >= 0.6 is 22.6 Å². The molecule has 2 heteroatoms. The second kappa shape index (κ2) is 3.87. The Morgan fingerprint density at radius 3 is 2.88 bits per heavy atom. The van der Waals surface area contributed by atoms with E-state index in [0.29, 0.717) is 15.4 Å². The molecule has 1 heterocycles. The van der Waals surface area contributed by atoms with Gasteiger partial charge in [0.1, 0.15) is 11.9 Å². The van der Waals surface area contributed by atoms with Crippen molar-refractivity contribution in [3.05, 3.63) is 28.8 Å². The quantitative estimate of drug-likeness (QED) is 0.497. The molecular weight excluding hydrogens is 323 g/mol. The van der Waals surface area contributed by atoms with Crippen LogP contribution in [0, 0.1) is 13.8 Å². The molecule has 1 aliphatic heterocycles. The molecule has 0 radical (unpaired) electrons. The van der Waals surface area contributed by atoms with Crippen molar-refractivity contribution in [2.24, 2.45) is 0 Å². The minimum atomic E-state index is 0.292. The van der Waals surface area contributed by atoms with Gasteiger partial charge in [0.25, 0.3) is 0 Å². The van der Waals surface area contributed by atoms with E-state index in [2.05, 4.69) is 55.5 Å². The maximum Gasteiger partial charge on any atom is 0.126 e. The molecule has 1 saturated carbocycles. The molecule has 2 aliphatic rings. The molecule has 0 saturated heterocycles. The predicted molar refractivity (Wildman–Crippen MR) is 79.3 cm³/mol. The summed E-state index contributed by atoms with van der Waals surface area (Å²) in [7, 11) is 0. The fraction of sp³-hybridized carbons (Fsp3) is 0.600. The monoisotopic (exact) mass is 342 g/mol. The van der Waals surface area contributed by atoms with Crippen LogP contribution in [0.5, 0.6) is 5.75 Å². The van der Waals surface area contributed by atoms with Gasteiger partial charge in [-0.3, -0.25) is 0 Å². The average Bonchev–Trinajstić information content (AvgIpc) is 2.58. The standard InChI is InChI=1S/C15H19IO/c1-9-7-10(2)13-12(8-9)11-5-4-6-15(3,16)14(11)17-13/h7-8,11,14H,4-6H2,1-3H3. The highest BCUT2D eigenvalue weighted by molar-refractivity contribution is 14.1. The summed E-state index contributed by atoms with van der Waals surface area (Å²) in [5.74, 6) is 1.80. The fourth-order valence-corrected chi connectivity index (χ4v) is 4.40. The number of fused-ring (bicyclic) bond motifs is 3. The number of hydrogen-bond donors (Lipinski definition) is 0. The van der Waals surface area contributed by atoms with E-state index in [4.69, 9.17) is 4.74 Å². The molecule has 1 fully saturated rings. The molecule has 1 aliphatic carbocycles. The van der Waals surface area contributed by atoms with Crippen molar-refractivity contribution in [2.75, 3.05) is 0 Å². The van der Waals surface area contributed by atoms with Gasteiger partial charge in [-0.05, 0) is 39.2 Å². The average molecular weight is 342 g/mol. The molecule has 0 bridgehead atoms. The number of benzene rings is 1. The lowest BCUT2D eigenvalue weighted by Gasteiger charge is -2.37. The molecule has 3 unspecified atom stereocenters. The Hall–Kier alpha value is -0.250. The third kappa shape index (κ3) is 1.79. The fourth-order valence-electron chi connectivity index (χ4n) is 3.45. The van der Waals surface area contributed by atoms with Crippen LogP contribution in [0.15, 0.2) is 12.1 Å². The summed E-state index contributed by atoms with van der Waals surface area (Å²) >= 11 is 2.60. The lowest BCUT2D eigenvalue weighted by atomic mass is 9.77. The van der Waals surface area contributed by atoms with Gasteiger partial charge < -0.3 is 4.74 Å². The van der Waals surface area contributed by atoms with E-state index < -0.39 is 0 Å². The Kier molecular flexibility index (Phi) is 2.69. The summed E-state index contributed by atoms with van der Waals surface area (Å²) in [5.41, 5.74) is 4.14. The topological polar surface area (TPSA) is 9.23 Å². The maximum absolute atomic E-state index is 6.30. The Balaban J connectivity index is 2.08. The number of aryl methyl sites for hydroxylation is 2. The lowest BCUT2D eigenvalue weighted by molar-refractivity contribution is 0.137. The largest absolute Gasteiger partial charge is 0.488 e. The van der Waals surface area contributed by atoms with Crippen LogP contribution < -0.4 is 4.74 Å². The molecule has 1 nitrogen and oxygen atoms in total. The van der Waals surface area contributed by atoms with Gasteiger partial charge in [0.05, 0.1) is 3.42 Å². The first-order chi connectivity index (χ1) is 7.99. The van der Waals surface area contributed by atoms with Crippen LogP contribution in [0.25, 0.3) is 0 Å². The van der Waals surface area contributed by atoms with Gasteiger partial charge in [0.15, 0.2) is 0 Å². The lowest BCUT2D eigenvalue weighted by Crippen LogP contribution is -2.42.